The summed E-state index contributed by atoms with van der Waals surface area (Å²) in [7, 11) is 0. The zero-order valence-corrected chi connectivity index (χ0v) is 23.2. The van der Waals surface area contributed by atoms with E-state index in [0.29, 0.717) is 13.1 Å². The minimum absolute atomic E-state index is 0.245. The second kappa shape index (κ2) is 10.3. The van der Waals surface area contributed by atoms with Crippen LogP contribution in [0.5, 0.6) is 0 Å². The number of hydrogen-bond donors (Lipinski definition) is 0. The van der Waals surface area contributed by atoms with E-state index in [1.165, 1.54) is 39.3 Å². The molecular formula is C31H35N3O2S. The fraction of sp³-hybridized carbons (Fsp3) is 0.387. The van der Waals surface area contributed by atoms with Crippen LogP contribution in [0, 0.1) is 6.92 Å². The van der Waals surface area contributed by atoms with Gasteiger partial charge < -0.3 is 9.64 Å². The molecule has 0 aliphatic carbocycles. The van der Waals surface area contributed by atoms with Crippen LogP contribution in [0.3, 0.4) is 0 Å². The molecule has 6 rings (SSSR count). The van der Waals surface area contributed by atoms with Crippen molar-refractivity contribution < 1.29 is 9.53 Å². The van der Waals surface area contributed by atoms with Crippen LogP contribution in [0.15, 0.2) is 53.6 Å². The number of amides is 1. The monoisotopic (exact) mass is 513 g/mol. The Morgan fingerprint density at radius 2 is 1.70 bits per heavy atom. The summed E-state index contributed by atoms with van der Waals surface area (Å²) in [6.45, 7) is 11.2. The van der Waals surface area contributed by atoms with Crippen LogP contribution >= 0.6 is 11.8 Å². The second-order valence-electron chi connectivity index (χ2n) is 10.9. The van der Waals surface area contributed by atoms with Crippen molar-refractivity contribution in [2.75, 3.05) is 12.3 Å². The van der Waals surface area contributed by atoms with Gasteiger partial charge in [0.2, 0.25) is 0 Å². The maximum Gasteiger partial charge on any atom is 0.410 e. The van der Waals surface area contributed by atoms with Crippen molar-refractivity contribution in [3.05, 3.63) is 76.5 Å². The smallest absolute Gasteiger partial charge is 0.410 e. The van der Waals surface area contributed by atoms with Crippen molar-refractivity contribution in [2.45, 2.75) is 71.1 Å². The van der Waals surface area contributed by atoms with Gasteiger partial charge in [-0.2, -0.15) is 0 Å². The summed E-state index contributed by atoms with van der Waals surface area (Å²) in [6, 6.07) is 17.3. The van der Waals surface area contributed by atoms with Crippen LogP contribution in [0.2, 0.25) is 0 Å². The highest BCUT2D eigenvalue weighted by molar-refractivity contribution is 7.99. The average molecular weight is 514 g/mol. The molecule has 0 unspecified atom stereocenters. The Labute approximate surface area is 223 Å². The molecule has 0 bridgehead atoms. The van der Waals surface area contributed by atoms with Gasteiger partial charge in [0.1, 0.15) is 5.60 Å². The summed E-state index contributed by atoms with van der Waals surface area (Å²) >= 11 is 1.88. The molecule has 0 N–H and O–H groups in total. The predicted molar refractivity (Wildman–Crippen MR) is 152 cm³/mol. The van der Waals surface area contributed by atoms with Gasteiger partial charge in [-0.25, -0.2) is 9.78 Å². The Hall–Kier alpha value is -3.12. The number of aromatic nitrogens is 2. The van der Waals surface area contributed by atoms with Crippen LogP contribution in [0.25, 0.3) is 21.8 Å². The molecule has 0 saturated carbocycles. The van der Waals surface area contributed by atoms with E-state index in [9.17, 15) is 4.79 Å². The maximum atomic E-state index is 12.3. The van der Waals surface area contributed by atoms with Crippen molar-refractivity contribution in [1.82, 2.24) is 14.9 Å². The van der Waals surface area contributed by atoms with E-state index in [0.717, 1.165) is 40.5 Å². The second-order valence-corrected chi connectivity index (χ2v) is 12.0. The number of nitrogens with zero attached hydrogens (tertiary/aromatic N) is 3. The summed E-state index contributed by atoms with van der Waals surface area (Å²) < 4.78 is 5.48. The zero-order chi connectivity index (χ0) is 26.2. The normalized spacial score (nSPS) is 14.7. The van der Waals surface area contributed by atoms with Crippen molar-refractivity contribution in [2.24, 2.45) is 0 Å². The predicted octanol–water partition coefficient (Wildman–Crippen LogP) is 7.28. The molecule has 2 aromatic carbocycles. The summed E-state index contributed by atoms with van der Waals surface area (Å²) in [5.74, 6) is 1.19. The van der Waals surface area contributed by atoms with Gasteiger partial charge in [-0.3, -0.25) is 4.98 Å². The molecular weight excluding hydrogens is 478 g/mol. The van der Waals surface area contributed by atoms with Crippen molar-refractivity contribution >= 4 is 39.7 Å². The van der Waals surface area contributed by atoms with Crippen molar-refractivity contribution in [3.63, 3.8) is 0 Å². The van der Waals surface area contributed by atoms with E-state index in [1.54, 1.807) is 4.90 Å². The third kappa shape index (κ3) is 5.90. The highest BCUT2D eigenvalue weighted by Gasteiger charge is 2.26. The van der Waals surface area contributed by atoms with Crippen LogP contribution < -0.4 is 0 Å². The van der Waals surface area contributed by atoms with Crippen LogP contribution in [-0.2, 0) is 30.5 Å². The van der Waals surface area contributed by atoms with Gasteiger partial charge in [-0.05, 0) is 93.6 Å². The first kappa shape index (κ1) is 25.5. The van der Waals surface area contributed by atoms with Gasteiger partial charge in [0.05, 0.1) is 22.6 Å². The van der Waals surface area contributed by atoms with Crippen molar-refractivity contribution in [3.8, 4) is 0 Å². The standard InChI is InChI=1S/C19H24N2O2.C12H11NS/c1-5-13-6-7-16-14(10-13)11-15-12-21(9-8-17(15)20-16)18(22)23-19(2,3)4;1-8-2-3-11-10(6-8)7-9-4-5-14-12(9)13-11/h6-7,10-11H,5,8-9,12H2,1-4H3;2-3,6-7H,4-5H2,1H3. The molecule has 2 aliphatic heterocycles. The number of hydrogen-bond acceptors (Lipinski definition) is 5. The van der Waals surface area contributed by atoms with Gasteiger partial charge >= 0.3 is 6.09 Å². The molecule has 192 valence electrons. The first-order chi connectivity index (χ1) is 17.7. The molecule has 1 amide bonds. The molecule has 37 heavy (non-hydrogen) atoms. The lowest BCUT2D eigenvalue weighted by atomic mass is 10.0. The van der Waals surface area contributed by atoms with Gasteiger partial charge in [0, 0.05) is 35.2 Å². The minimum Gasteiger partial charge on any atom is -0.444 e. The first-order valence-corrected chi connectivity index (χ1v) is 14.1. The Morgan fingerprint density at radius 1 is 0.973 bits per heavy atom. The molecule has 5 nitrogen and oxygen atoms in total. The van der Waals surface area contributed by atoms with E-state index in [2.05, 4.69) is 67.4 Å². The van der Waals surface area contributed by atoms with Crippen LogP contribution in [0.4, 0.5) is 4.79 Å². The largest absolute Gasteiger partial charge is 0.444 e. The highest BCUT2D eigenvalue weighted by Crippen LogP contribution is 2.32. The quantitative estimate of drug-likeness (QED) is 0.268. The SMILES string of the molecule is CCc1ccc2nc3c(cc2c1)CN(C(=O)OC(C)(C)C)CC3.Cc1ccc2nc3c(cc2c1)CCS3. The first-order valence-electron chi connectivity index (χ1n) is 13.1. The molecule has 6 heteroatoms. The fourth-order valence-corrected chi connectivity index (χ4v) is 5.80. The van der Waals surface area contributed by atoms with Crippen molar-refractivity contribution in [1.29, 1.82) is 0 Å². The third-order valence-corrected chi connectivity index (χ3v) is 7.74. The number of ether oxygens (including phenoxy) is 1. The summed E-state index contributed by atoms with van der Waals surface area (Å²) in [4.78, 5) is 23.5. The van der Waals surface area contributed by atoms with E-state index in [1.807, 2.05) is 32.5 Å². The lowest BCUT2D eigenvalue weighted by Crippen LogP contribution is -2.40. The topological polar surface area (TPSA) is 55.3 Å². The molecule has 2 aromatic heterocycles. The van der Waals surface area contributed by atoms with Gasteiger partial charge in [-0.1, -0.05) is 24.6 Å². The summed E-state index contributed by atoms with van der Waals surface area (Å²) in [5.41, 5.74) is 7.96. The van der Waals surface area contributed by atoms with Crippen LogP contribution in [-0.4, -0.2) is 38.9 Å². The molecule has 0 spiro atoms. The Kier molecular flexibility index (Phi) is 7.13. The highest BCUT2D eigenvalue weighted by atomic mass is 32.2. The van der Waals surface area contributed by atoms with E-state index >= 15 is 0 Å². The number of thioether (sulfide) groups is 1. The molecule has 4 heterocycles. The van der Waals surface area contributed by atoms with E-state index < -0.39 is 5.60 Å². The molecule has 0 fully saturated rings. The average Bonchev–Trinajstić information content (AvgIpc) is 3.32. The lowest BCUT2D eigenvalue weighted by molar-refractivity contribution is 0.0223. The van der Waals surface area contributed by atoms with E-state index in [4.69, 9.17) is 9.72 Å². The number of benzene rings is 2. The van der Waals surface area contributed by atoms with Crippen LogP contribution in [0.1, 0.15) is 55.6 Å². The molecule has 2 aliphatic rings. The molecule has 0 atom stereocenters. The Morgan fingerprint density at radius 3 is 2.49 bits per heavy atom. The fourth-order valence-electron chi connectivity index (χ4n) is 4.77. The number of pyridine rings is 2. The van der Waals surface area contributed by atoms with Gasteiger partial charge in [-0.15, -0.1) is 11.8 Å². The van der Waals surface area contributed by atoms with Gasteiger partial charge in [0.15, 0.2) is 0 Å². The molecule has 0 saturated heterocycles. The Bertz CT molecular complexity index is 1480. The third-order valence-electron chi connectivity index (χ3n) is 6.71. The lowest BCUT2D eigenvalue weighted by Gasteiger charge is -2.31. The Balaban J connectivity index is 0.000000170. The number of rotatable bonds is 1. The number of carbonyl (C=O) groups is 1. The number of carbonyl (C=O) groups excluding carboxylic acids is 1. The zero-order valence-electron chi connectivity index (χ0n) is 22.4. The molecule has 0 radical (unpaired) electrons. The summed E-state index contributed by atoms with van der Waals surface area (Å²) in [5, 5.41) is 3.67. The maximum absolute atomic E-state index is 12.3. The minimum atomic E-state index is -0.463. The number of aryl methyl sites for hydroxylation is 3. The summed E-state index contributed by atoms with van der Waals surface area (Å²) in [6.07, 6.45) is 2.72. The van der Waals surface area contributed by atoms with E-state index in [-0.39, 0.29) is 6.09 Å². The number of fused-ring (bicyclic) bond motifs is 4. The van der Waals surface area contributed by atoms with Gasteiger partial charge in [0.25, 0.3) is 0 Å². The molecule has 4 aromatic rings.